The van der Waals surface area contributed by atoms with Crippen LogP contribution < -0.4 is 10.2 Å². The Labute approximate surface area is 110 Å². The van der Waals surface area contributed by atoms with Crippen LogP contribution in [0, 0.1) is 6.92 Å². The second-order valence-electron chi connectivity index (χ2n) is 4.90. The standard InChI is InChI=1S/C14H15N3O2/c1-9-3-4-10-11(7-9)16(2)8-12(10)17-6-5-13(18)15-14(17)19/h3-4,7-8H,5-6H2,1-2H3,(H,15,18,19). The second-order valence-corrected chi connectivity index (χ2v) is 4.90. The molecule has 0 atom stereocenters. The first-order valence-electron chi connectivity index (χ1n) is 6.23. The molecule has 0 bridgehead atoms. The lowest BCUT2D eigenvalue weighted by Crippen LogP contribution is -2.49. The van der Waals surface area contributed by atoms with Crippen LogP contribution in [0.2, 0.25) is 0 Å². The molecule has 1 aliphatic heterocycles. The number of anilines is 1. The molecule has 98 valence electrons. The zero-order chi connectivity index (χ0) is 13.6. The minimum Gasteiger partial charge on any atom is -0.348 e. The number of aromatic nitrogens is 1. The van der Waals surface area contributed by atoms with Gasteiger partial charge in [-0.15, -0.1) is 0 Å². The molecule has 0 saturated carbocycles. The van der Waals surface area contributed by atoms with Crippen molar-refractivity contribution in [2.24, 2.45) is 7.05 Å². The molecule has 5 nitrogen and oxygen atoms in total. The summed E-state index contributed by atoms with van der Waals surface area (Å²) < 4.78 is 2.00. The van der Waals surface area contributed by atoms with Crippen molar-refractivity contribution in [2.75, 3.05) is 11.4 Å². The first kappa shape index (κ1) is 11.8. The molecule has 0 unspecified atom stereocenters. The summed E-state index contributed by atoms with van der Waals surface area (Å²) in [6, 6.07) is 5.79. The van der Waals surface area contributed by atoms with Crippen molar-refractivity contribution in [3.8, 4) is 0 Å². The number of nitrogens with zero attached hydrogens (tertiary/aromatic N) is 2. The maximum absolute atomic E-state index is 11.9. The summed E-state index contributed by atoms with van der Waals surface area (Å²) in [6.07, 6.45) is 2.27. The summed E-state index contributed by atoms with van der Waals surface area (Å²) in [7, 11) is 1.96. The lowest BCUT2D eigenvalue weighted by molar-refractivity contribution is -0.120. The van der Waals surface area contributed by atoms with Crippen LogP contribution in [0.25, 0.3) is 10.9 Å². The van der Waals surface area contributed by atoms with Gasteiger partial charge in [0.05, 0.1) is 11.2 Å². The third-order valence-corrected chi connectivity index (χ3v) is 3.47. The Hall–Kier alpha value is -2.30. The number of urea groups is 1. The molecule has 0 radical (unpaired) electrons. The van der Waals surface area contributed by atoms with E-state index in [9.17, 15) is 9.59 Å². The molecule has 0 spiro atoms. The summed E-state index contributed by atoms with van der Waals surface area (Å²) in [5.41, 5.74) is 3.11. The summed E-state index contributed by atoms with van der Waals surface area (Å²) in [4.78, 5) is 24.7. The Morgan fingerprint density at radius 2 is 2.05 bits per heavy atom. The van der Waals surface area contributed by atoms with Gasteiger partial charge in [-0.2, -0.15) is 0 Å². The van der Waals surface area contributed by atoms with E-state index in [1.807, 2.05) is 36.9 Å². The van der Waals surface area contributed by atoms with E-state index in [-0.39, 0.29) is 11.9 Å². The van der Waals surface area contributed by atoms with E-state index in [1.54, 1.807) is 4.90 Å². The maximum atomic E-state index is 11.9. The first-order valence-corrected chi connectivity index (χ1v) is 6.23. The fraction of sp³-hybridized carbons (Fsp3) is 0.286. The van der Waals surface area contributed by atoms with Crippen molar-refractivity contribution < 1.29 is 9.59 Å². The minimum atomic E-state index is -0.343. The highest BCUT2D eigenvalue weighted by molar-refractivity contribution is 6.09. The molecule has 19 heavy (non-hydrogen) atoms. The Morgan fingerprint density at radius 3 is 2.79 bits per heavy atom. The van der Waals surface area contributed by atoms with Crippen molar-refractivity contribution in [1.29, 1.82) is 0 Å². The number of fused-ring (bicyclic) bond motifs is 1. The van der Waals surface area contributed by atoms with Gasteiger partial charge in [-0.3, -0.25) is 15.0 Å². The summed E-state index contributed by atoms with van der Waals surface area (Å²) in [5.74, 6) is -0.211. The molecule has 1 aliphatic rings. The molecule has 2 aromatic rings. The molecule has 1 N–H and O–H groups in total. The highest BCUT2D eigenvalue weighted by atomic mass is 16.2. The molecule has 1 fully saturated rings. The zero-order valence-electron chi connectivity index (χ0n) is 10.9. The highest BCUT2D eigenvalue weighted by Gasteiger charge is 2.26. The summed E-state index contributed by atoms with van der Waals surface area (Å²) in [6.45, 7) is 2.47. The number of hydrogen-bond donors (Lipinski definition) is 1. The predicted molar refractivity (Wildman–Crippen MR) is 73.2 cm³/mol. The van der Waals surface area contributed by atoms with E-state index >= 15 is 0 Å². The Morgan fingerprint density at radius 1 is 1.26 bits per heavy atom. The van der Waals surface area contributed by atoms with Crippen LogP contribution in [0.4, 0.5) is 10.5 Å². The van der Waals surface area contributed by atoms with Gasteiger partial charge in [0.25, 0.3) is 0 Å². The van der Waals surface area contributed by atoms with Crippen molar-refractivity contribution in [3.63, 3.8) is 0 Å². The van der Waals surface area contributed by atoms with Crippen LogP contribution in [-0.4, -0.2) is 23.1 Å². The Kier molecular flexibility index (Phi) is 2.55. The van der Waals surface area contributed by atoms with E-state index < -0.39 is 0 Å². The molecule has 3 rings (SSSR count). The lowest BCUT2D eigenvalue weighted by Gasteiger charge is -2.25. The van der Waals surface area contributed by atoms with Crippen LogP contribution in [0.1, 0.15) is 12.0 Å². The number of nitrogens with one attached hydrogen (secondary N) is 1. The van der Waals surface area contributed by atoms with Gasteiger partial charge in [-0.1, -0.05) is 12.1 Å². The fourth-order valence-corrected chi connectivity index (χ4v) is 2.48. The minimum absolute atomic E-state index is 0.211. The normalized spacial score (nSPS) is 16.0. The molecule has 2 heterocycles. The van der Waals surface area contributed by atoms with Gasteiger partial charge < -0.3 is 4.57 Å². The number of carbonyl (C=O) groups is 2. The smallest absolute Gasteiger partial charge is 0.328 e. The number of benzene rings is 1. The van der Waals surface area contributed by atoms with Crippen LogP contribution >= 0.6 is 0 Å². The average Bonchev–Trinajstić information content (AvgIpc) is 2.66. The van der Waals surface area contributed by atoms with Gasteiger partial charge in [0, 0.05) is 31.6 Å². The maximum Gasteiger partial charge on any atom is 0.328 e. The van der Waals surface area contributed by atoms with Gasteiger partial charge >= 0.3 is 6.03 Å². The van der Waals surface area contributed by atoms with E-state index in [4.69, 9.17) is 0 Å². The molecule has 1 saturated heterocycles. The van der Waals surface area contributed by atoms with Gasteiger partial charge in [-0.25, -0.2) is 4.79 Å². The highest BCUT2D eigenvalue weighted by Crippen LogP contribution is 2.30. The molecular formula is C14H15N3O2. The second kappa shape index (κ2) is 4.12. The molecule has 1 aromatic heterocycles. The van der Waals surface area contributed by atoms with Crippen molar-refractivity contribution >= 4 is 28.5 Å². The largest absolute Gasteiger partial charge is 0.348 e. The third kappa shape index (κ3) is 1.87. The van der Waals surface area contributed by atoms with Gasteiger partial charge in [-0.05, 0) is 18.6 Å². The predicted octanol–water partition coefficient (Wildman–Crippen LogP) is 1.93. The number of imide groups is 1. The van der Waals surface area contributed by atoms with E-state index in [1.165, 1.54) is 5.56 Å². The van der Waals surface area contributed by atoms with E-state index in [0.29, 0.717) is 13.0 Å². The number of hydrogen-bond acceptors (Lipinski definition) is 2. The monoisotopic (exact) mass is 257 g/mol. The van der Waals surface area contributed by atoms with Crippen molar-refractivity contribution in [2.45, 2.75) is 13.3 Å². The van der Waals surface area contributed by atoms with E-state index in [0.717, 1.165) is 16.6 Å². The van der Waals surface area contributed by atoms with E-state index in [2.05, 4.69) is 11.4 Å². The summed E-state index contributed by atoms with van der Waals surface area (Å²) in [5, 5.41) is 3.38. The van der Waals surface area contributed by atoms with Crippen molar-refractivity contribution in [1.82, 2.24) is 9.88 Å². The van der Waals surface area contributed by atoms with Crippen LogP contribution in [0.5, 0.6) is 0 Å². The number of amides is 3. The van der Waals surface area contributed by atoms with Gasteiger partial charge in [0.2, 0.25) is 5.91 Å². The van der Waals surface area contributed by atoms with Gasteiger partial charge in [0.15, 0.2) is 0 Å². The molecule has 5 heteroatoms. The Balaban J connectivity index is 2.10. The Bertz CT molecular complexity index is 687. The topological polar surface area (TPSA) is 54.3 Å². The zero-order valence-corrected chi connectivity index (χ0v) is 10.9. The number of carbonyl (C=O) groups excluding carboxylic acids is 2. The molecule has 1 aromatic carbocycles. The number of aryl methyl sites for hydroxylation is 2. The molecule has 3 amide bonds. The quantitative estimate of drug-likeness (QED) is 0.848. The summed E-state index contributed by atoms with van der Waals surface area (Å²) >= 11 is 0. The fourth-order valence-electron chi connectivity index (χ4n) is 2.48. The SMILES string of the molecule is Cc1ccc2c(N3CCC(=O)NC3=O)cn(C)c2c1. The first-order chi connectivity index (χ1) is 9.06. The molecule has 0 aliphatic carbocycles. The van der Waals surface area contributed by atoms with Crippen molar-refractivity contribution in [3.05, 3.63) is 30.0 Å². The van der Waals surface area contributed by atoms with Crippen LogP contribution in [0.3, 0.4) is 0 Å². The van der Waals surface area contributed by atoms with Gasteiger partial charge in [0.1, 0.15) is 0 Å². The van der Waals surface area contributed by atoms with Crippen LogP contribution in [-0.2, 0) is 11.8 Å². The third-order valence-electron chi connectivity index (χ3n) is 3.47. The number of rotatable bonds is 1. The molecular weight excluding hydrogens is 242 g/mol. The lowest BCUT2D eigenvalue weighted by atomic mass is 10.1. The average molecular weight is 257 g/mol. The van der Waals surface area contributed by atoms with Crippen LogP contribution in [0.15, 0.2) is 24.4 Å².